The van der Waals surface area contributed by atoms with Gasteiger partial charge in [0.15, 0.2) is 0 Å². The van der Waals surface area contributed by atoms with Crippen LogP contribution in [0.15, 0.2) is 48.5 Å². The summed E-state index contributed by atoms with van der Waals surface area (Å²) in [5, 5.41) is 1.84. The van der Waals surface area contributed by atoms with Crippen molar-refractivity contribution in [2.24, 2.45) is 5.84 Å². The van der Waals surface area contributed by atoms with Crippen LogP contribution in [-0.4, -0.2) is 20.2 Å². The monoisotopic (exact) mass is 311 g/mol. The summed E-state index contributed by atoms with van der Waals surface area (Å²) >= 11 is 0. The average molecular weight is 311 g/mol. The van der Waals surface area contributed by atoms with Crippen molar-refractivity contribution < 1.29 is 4.74 Å². The molecule has 0 atom stereocenters. The highest BCUT2D eigenvalue weighted by Gasteiger charge is 2.16. The van der Waals surface area contributed by atoms with Gasteiger partial charge in [-0.3, -0.25) is 0 Å². The Balaban J connectivity index is 1.77. The molecule has 23 heavy (non-hydrogen) atoms. The summed E-state index contributed by atoms with van der Waals surface area (Å²) in [4.78, 5) is 2.45. The molecular formula is C19H25N3O. The van der Waals surface area contributed by atoms with E-state index in [2.05, 4.69) is 41.3 Å². The number of hydrazine groups is 1. The molecule has 0 radical (unpaired) electrons. The molecule has 0 spiro atoms. The third kappa shape index (κ3) is 3.77. The Bertz CT molecular complexity index is 621. The van der Waals surface area contributed by atoms with Crippen molar-refractivity contribution in [3.63, 3.8) is 0 Å². The fourth-order valence-corrected chi connectivity index (χ4v) is 3.12. The van der Waals surface area contributed by atoms with Crippen LogP contribution in [-0.2, 0) is 6.54 Å². The second-order valence-electron chi connectivity index (χ2n) is 6.01. The molecule has 0 unspecified atom stereocenters. The zero-order valence-corrected chi connectivity index (χ0v) is 13.7. The molecule has 1 heterocycles. The lowest BCUT2D eigenvalue weighted by Crippen LogP contribution is -2.35. The molecule has 4 nitrogen and oxygen atoms in total. The highest BCUT2D eigenvalue weighted by molar-refractivity contribution is 5.70. The van der Waals surface area contributed by atoms with Crippen LogP contribution in [0, 0.1) is 0 Å². The van der Waals surface area contributed by atoms with Crippen molar-refractivity contribution in [3.05, 3.63) is 54.1 Å². The van der Waals surface area contributed by atoms with E-state index in [-0.39, 0.29) is 0 Å². The number of rotatable bonds is 5. The number of hydrogen-bond donors (Lipinski definition) is 1. The minimum Gasteiger partial charge on any atom is -0.497 e. The summed E-state index contributed by atoms with van der Waals surface area (Å²) in [5.41, 5.74) is 3.50. The molecule has 2 N–H and O–H groups in total. The smallest absolute Gasteiger partial charge is 0.118 e. The molecule has 0 aromatic heterocycles. The van der Waals surface area contributed by atoms with E-state index in [0.29, 0.717) is 6.54 Å². The van der Waals surface area contributed by atoms with Crippen molar-refractivity contribution in [3.8, 4) is 5.75 Å². The molecule has 0 aliphatic carbocycles. The maximum Gasteiger partial charge on any atom is 0.118 e. The first kappa shape index (κ1) is 15.7. The second-order valence-corrected chi connectivity index (χ2v) is 6.01. The van der Waals surface area contributed by atoms with E-state index >= 15 is 0 Å². The number of anilines is 2. The first-order valence-corrected chi connectivity index (χ1v) is 8.27. The molecule has 122 valence electrons. The molecule has 1 fully saturated rings. The van der Waals surface area contributed by atoms with Gasteiger partial charge in [-0.05, 0) is 49.1 Å². The first-order chi connectivity index (χ1) is 11.3. The van der Waals surface area contributed by atoms with E-state index in [1.54, 1.807) is 7.11 Å². The lowest BCUT2D eigenvalue weighted by molar-refractivity contribution is 0.414. The minimum absolute atomic E-state index is 0.675. The van der Waals surface area contributed by atoms with Crippen LogP contribution >= 0.6 is 0 Å². The van der Waals surface area contributed by atoms with Crippen LogP contribution in [0.2, 0.25) is 0 Å². The predicted molar refractivity (Wildman–Crippen MR) is 95.9 cm³/mol. The Morgan fingerprint density at radius 1 is 1.00 bits per heavy atom. The number of para-hydroxylation sites is 2. The Hall–Kier alpha value is -2.20. The molecule has 2 aromatic carbocycles. The number of ether oxygens (including phenoxy) is 1. The van der Waals surface area contributed by atoms with Gasteiger partial charge in [-0.2, -0.15) is 0 Å². The van der Waals surface area contributed by atoms with Crippen molar-refractivity contribution >= 4 is 11.4 Å². The zero-order valence-electron chi connectivity index (χ0n) is 13.7. The summed E-state index contributed by atoms with van der Waals surface area (Å²) in [6.07, 6.45) is 3.85. The van der Waals surface area contributed by atoms with Gasteiger partial charge in [-0.25, -0.2) is 5.84 Å². The number of nitrogens with two attached hydrogens (primary N) is 1. The first-order valence-electron chi connectivity index (χ1n) is 8.27. The molecule has 1 saturated heterocycles. The standard InChI is InChI=1S/C19H25N3O/c1-23-17-11-9-16(10-12-17)15-22(20)19-8-4-3-7-18(19)21-13-5-2-6-14-21/h3-4,7-12H,2,5-6,13-15,20H2,1H3. The lowest BCUT2D eigenvalue weighted by atomic mass is 10.1. The quantitative estimate of drug-likeness (QED) is 0.677. The van der Waals surface area contributed by atoms with Gasteiger partial charge >= 0.3 is 0 Å². The number of nitrogens with zero attached hydrogens (tertiary/aromatic N) is 2. The van der Waals surface area contributed by atoms with Gasteiger partial charge in [-0.1, -0.05) is 24.3 Å². The summed E-state index contributed by atoms with van der Waals surface area (Å²) in [5.74, 6) is 7.25. The fourth-order valence-electron chi connectivity index (χ4n) is 3.12. The van der Waals surface area contributed by atoms with E-state index in [9.17, 15) is 0 Å². The van der Waals surface area contributed by atoms with Crippen LogP contribution in [0.5, 0.6) is 5.75 Å². The van der Waals surface area contributed by atoms with Gasteiger partial charge in [0.1, 0.15) is 5.75 Å². The average Bonchev–Trinajstić information content (AvgIpc) is 2.63. The van der Waals surface area contributed by atoms with E-state index in [1.807, 2.05) is 17.1 Å². The number of piperidine rings is 1. The second kappa shape index (κ2) is 7.38. The summed E-state index contributed by atoms with van der Waals surface area (Å²) in [6, 6.07) is 16.5. The van der Waals surface area contributed by atoms with Crippen molar-refractivity contribution in [1.82, 2.24) is 0 Å². The summed E-state index contributed by atoms with van der Waals surface area (Å²) < 4.78 is 5.21. The van der Waals surface area contributed by atoms with Crippen LogP contribution in [0.3, 0.4) is 0 Å². The van der Waals surface area contributed by atoms with E-state index in [4.69, 9.17) is 10.6 Å². The van der Waals surface area contributed by atoms with E-state index in [1.165, 1.54) is 30.5 Å². The molecule has 4 heteroatoms. The molecule has 0 saturated carbocycles. The van der Waals surface area contributed by atoms with Crippen LogP contribution in [0.25, 0.3) is 0 Å². The summed E-state index contributed by atoms with van der Waals surface area (Å²) in [7, 11) is 1.68. The molecule has 0 amide bonds. The van der Waals surface area contributed by atoms with E-state index < -0.39 is 0 Å². The third-order valence-electron chi connectivity index (χ3n) is 4.40. The van der Waals surface area contributed by atoms with Crippen LogP contribution < -0.4 is 20.5 Å². The fraction of sp³-hybridized carbons (Fsp3) is 0.368. The van der Waals surface area contributed by atoms with Crippen LogP contribution in [0.1, 0.15) is 24.8 Å². The Morgan fingerprint density at radius 3 is 2.39 bits per heavy atom. The van der Waals surface area contributed by atoms with E-state index in [0.717, 1.165) is 24.5 Å². The number of methoxy groups -OCH3 is 1. The van der Waals surface area contributed by atoms with Crippen molar-refractivity contribution in [2.45, 2.75) is 25.8 Å². The molecule has 0 bridgehead atoms. The highest BCUT2D eigenvalue weighted by atomic mass is 16.5. The van der Waals surface area contributed by atoms with Gasteiger partial charge in [0.2, 0.25) is 0 Å². The van der Waals surface area contributed by atoms with Crippen molar-refractivity contribution in [1.29, 1.82) is 0 Å². The zero-order chi connectivity index (χ0) is 16.1. The lowest BCUT2D eigenvalue weighted by Gasteiger charge is -2.33. The van der Waals surface area contributed by atoms with Gasteiger partial charge in [0, 0.05) is 13.1 Å². The van der Waals surface area contributed by atoms with Crippen molar-refractivity contribution in [2.75, 3.05) is 30.1 Å². The normalized spacial score (nSPS) is 14.6. The molecule has 1 aliphatic rings. The van der Waals surface area contributed by atoms with Gasteiger partial charge < -0.3 is 14.6 Å². The third-order valence-corrected chi connectivity index (χ3v) is 4.40. The number of benzene rings is 2. The maximum absolute atomic E-state index is 6.38. The van der Waals surface area contributed by atoms with Gasteiger partial charge in [-0.15, -0.1) is 0 Å². The SMILES string of the molecule is COc1ccc(CN(N)c2ccccc2N2CCCCC2)cc1. The van der Waals surface area contributed by atoms with Gasteiger partial charge in [0.25, 0.3) is 0 Å². The molecular weight excluding hydrogens is 286 g/mol. The van der Waals surface area contributed by atoms with Gasteiger partial charge in [0.05, 0.1) is 25.0 Å². The largest absolute Gasteiger partial charge is 0.497 e. The molecule has 3 rings (SSSR count). The molecule has 1 aliphatic heterocycles. The number of hydrogen-bond acceptors (Lipinski definition) is 4. The summed E-state index contributed by atoms with van der Waals surface area (Å²) in [6.45, 7) is 2.91. The highest BCUT2D eigenvalue weighted by Crippen LogP contribution is 2.30. The maximum atomic E-state index is 6.38. The minimum atomic E-state index is 0.675. The van der Waals surface area contributed by atoms with Crippen LogP contribution in [0.4, 0.5) is 11.4 Å². The topological polar surface area (TPSA) is 41.7 Å². The Morgan fingerprint density at radius 2 is 1.70 bits per heavy atom. The Kier molecular flexibility index (Phi) is 5.03. The molecule has 2 aromatic rings. The predicted octanol–water partition coefficient (Wildman–Crippen LogP) is 3.57. The Labute approximate surface area is 138 Å².